The molecule has 20 heavy (non-hydrogen) atoms. The van der Waals surface area contributed by atoms with E-state index < -0.39 is 11.9 Å². The number of carboxylic acids is 1. The predicted molar refractivity (Wildman–Crippen MR) is 76.9 cm³/mol. The fourth-order valence-electron chi connectivity index (χ4n) is 3.34. The third kappa shape index (κ3) is 2.46. The average Bonchev–Trinajstić information content (AvgIpc) is 2.95. The Morgan fingerprint density at radius 3 is 2.95 bits per heavy atom. The minimum atomic E-state index is -0.776. The van der Waals surface area contributed by atoms with E-state index in [0.29, 0.717) is 19.5 Å². The van der Waals surface area contributed by atoms with Crippen LogP contribution in [0.3, 0.4) is 0 Å². The van der Waals surface area contributed by atoms with Crippen molar-refractivity contribution in [3.8, 4) is 0 Å². The van der Waals surface area contributed by atoms with Gasteiger partial charge >= 0.3 is 5.97 Å². The molecular weight excluding hydrogens is 274 g/mol. The lowest BCUT2D eigenvalue weighted by atomic mass is 9.86. The van der Waals surface area contributed by atoms with Crippen molar-refractivity contribution in [3.05, 3.63) is 21.9 Å². The molecule has 1 N–H and O–H groups in total. The zero-order valence-corrected chi connectivity index (χ0v) is 12.2. The molecule has 0 radical (unpaired) electrons. The molecule has 5 heteroatoms. The smallest absolute Gasteiger partial charge is 0.308 e. The van der Waals surface area contributed by atoms with Gasteiger partial charge in [0.15, 0.2) is 0 Å². The zero-order chi connectivity index (χ0) is 14.1. The highest BCUT2D eigenvalue weighted by Gasteiger charge is 2.34. The number of likely N-dealkylation sites (tertiary alicyclic amines) is 1. The van der Waals surface area contributed by atoms with E-state index in [2.05, 4.69) is 11.4 Å². The van der Waals surface area contributed by atoms with Gasteiger partial charge in [0, 0.05) is 18.0 Å². The predicted octanol–water partition coefficient (Wildman–Crippen LogP) is 2.49. The molecule has 2 aliphatic rings. The minimum Gasteiger partial charge on any atom is -0.481 e. The third-order valence-corrected chi connectivity index (χ3v) is 5.43. The van der Waals surface area contributed by atoms with Gasteiger partial charge in [-0.1, -0.05) is 0 Å². The fraction of sp³-hybridized carbons (Fsp3) is 0.600. The highest BCUT2D eigenvalue weighted by molar-refractivity contribution is 7.10. The molecule has 2 heterocycles. The molecule has 1 fully saturated rings. The third-order valence-electron chi connectivity index (χ3n) is 4.43. The molecule has 0 spiro atoms. The van der Waals surface area contributed by atoms with Crippen LogP contribution < -0.4 is 0 Å². The maximum atomic E-state index is 12.7. The van der Waals surface area contributed by atoms with Gasteiger partial charge in [0.05, 0.1) is 11.8 Å². The van der Waals surface area contributed by atoms with Gasteiger partial charge in [-0.3, -0.25) is 9.59 Å². The van der Waals surface area contributed by atoms with E-state index in [9.17, 15) is 9.59 Å². The van der Waals surface area contributed by atoms with E-state index in [1.807, 2.05) is 0 Å². The van der Waals surface area contributed by atoms with Crippen molar-refractivity contribution in [2.24, 2.45) is 5.92 Å². The summed E-state index contributed by atoms with van der Waals surface area (Å²) < 4.78 is 0. The number of hydrogen-bond donors (Lipinski definition) is 1. The second-order valence-corrected chi connectivity index (χ2v) is 6.71. The summed E-state index contributed by atoms with van der Waals surface area (Å²) in [4.78, 5) is 27.0. The van der Waals surface area contributed by atoms with Gasteiger partial charge in [0.2, 0.25) is 5.91 Å². The maximum Gasteiger partial charge on any atom is 0.308 e. The molecule has 0 aromatic carbocycles. The van der Waals surface area contributed by atoms with Crippen LogP contribution >= 0.6 is 11.3 Å². The molecule has 0 saturated carbocycles. The lowest BCUT2D eigenvalue weighted by molar-refractivity contribution is -0.146. The van der Waals surface area contributed by atoms with E-state index in [0.717, 1.165) is 25.7 Å². The first-order valence-electron chi connectivity index (χ1n) is 7.24. The number of carboxylic acid groups (broad SMARTS) is 1. The van der Waals surface area contributed by atoms with E-state index >= 15 is 0 Å². The molecule has 3 rings (SSSR count). The molecule has 2 atom stereocenters. The highest BCUT2D eigenvalue weighted by atomic mass is 32.1. The second kappa shape index (κ2) is 5.56. The molecule has 4 nitrogen and oxygen atoms in total. The summed E-state index contributed by atoms with van der Waals surface area (Å²) in [7, 11) is 0. The van der Waals surface area contributed by atoms with Crippen LogP contribution in [-0.2, 0) is 16.0 Å². The van der Waals surface area contributed by atoms with Crippen molar-refractivity contribution < 1.29 is 14.7 Å². The van der Waals surface area contributed by atoms with Crippen LogP contribution in [0.15, 0.2) is 11.4 Å². The standard InChI is InChI=1S/C15H19NO3S/c17-14(16-7-2-3-10(9-16)15(18)19)12-4-1-5-13-11(12)6-8-20-13/h6,8,10,12H,1-5,7,9H2,(H,18,19)/t10-,12-/m0/s1. The molecule has 1 aliphatic heterocycles. The van der Waals surface area contributed by atoms with Crippen LogP contribution in [0.25, 0.3) is 0 Å². The number of thiophene rings is 1. The lowest BCUT2D eigenvalue weighted by Crippen LogP contribution is -2.44. The van der Waals surface area contributed by atoms with E-state index in [1.165, 1.54) is 10.4 Å². The summed E-state index contributed by atoms with van der Waals surface area (Å²) in [5, 5.41) is 11.2. The van der Waals surface area contributed by atoms with E-state index in [-0.39, 0.29) is 11.8 Å². The van der Waals surface area contributed by atoms with Crippen molar-refractivity contribution in [1.82, 2.24) is 4.90 Å². The molecule has 0 unspecified atom stereocenters. The number of amides is 1. The molecule has 1 aliphatic carbocycles. The molecule has 0 bridgehead atoms. The van der Waals surface area contributed by atoms with Gasteiger partial charge in [-0.2, -0.15) is 0 Å². The summed E-state index contributed by atoms with van der Waals surface area (Å²) in [5.41, 5.74) is 1.18. The zero-order valence-electron chi connectivity index (χ0n) is 11.4. The fourth-order valence-corrected chi connectivity index (χ4v) is 4.33. The van der Waals surface area contributed by atoms with E-state index in [1.54, 1.807) is 16.2 Å². The Bertz CT molecular complexity index is 525. The van der Waals surface area contributed by atoms with Gasteiger partial charge in [-0.05, 0) is 49.1 Å². The van der Waals surface area contributed by atoms with Crippen LogP contribution in [-0.4, -0.2) is 35.0 Å². The van der Waals surface area contributed by atoms with E-state index in [4.69, 9.17) is 5.11 Å². The first kappa shape index (κ1) is 13.6. The summed E-state index contributed by atoms with van der Waals surface area (Å²) in [6.07, 6.45) is 4.52. The number of fused-ring (bicyclic) bond motifs is 1. The molecule has 1 saturated heterocycles. The number of hydrogen-bond acceptors (Lipinski definition) is 3. The number of aliphatic carboxylic acids is 1. The van der Waals surface area contributed by atoms with Gasteiger partial charge in [-0.25, -0.2) is 0 Å². The number of aryl methyl sites for hydroxylation is 1. The molecule has 1 aromatic heterocycles. The van der Waals surface area contributed by atoms with Crippen LogP contribution in [0.2, 0.25) is 0 Å². The Morgan fingerprint density at radius 1 is 1.30 bits per heavy atom. The Morgan fingerprint density at radius 2 is 2.15 bits per heavy atom. The molecule has 1 amide bonds. The van der Waals surface area contributed by atoms with Crippen LogP contribution in [0.4, 0.5) is 0 Å². The van der Waals surface area contributed by atoms with Crippen molar-refractivity contribution in [2.75, 3.05) is 13.1 Å². The second-order valence-electron chi connectivity index (χ2n) is 5.71. The first-order chi connectivity index (χ1) is 9.66. The van der Waals surface area contributed by atoms with Gasteiger partial charge in [0.1, 0.15) is 0 Å². The quantitative estimate of drug-likeness (QED) is 0.911. The van der Waals surface area contributed by atoms with Crippen molar-refractivity contribution in [3.63, 3.8) is 0 Å². The van der Waals surface area contributed by atoms with Gasteiger partial charge in [-0.15, -0.1) is 11.3 Å². The Hall–Kier alpha value is -1.36. The van der Waals surface area contributed by atoms with Crippen LogP contribution in [0, 0.1) is 5.92 Å². The van der Waals surface area contributed by atoms with Crippen molar-refractivity contribution in [1.29, 1.82) is 0 Å². The van der Waals surface area contributed by atoms with Crippen molar-refractivity contribution in [2.45, 2.75) is 38.0 Å². The van der Waals surface area contributed by atoms with Gasteiger partial charge in [0.25, 0.3) is 0 Å². The topological polar surface area (TPSA) is 57.6 Å². The molecular formula is C15H19NO3S. The van der Waals surface area contributed by atoms with Crippen LogP contribution in [0.1, 0.15) is 42.0 Å². The van der Waals surface area contributed by atoms with Gasteiger partial charge < -0.3 is 10.0 Å². The molecule has 1 aromatic rings. The Balaban J connectivity index is 1.75. The molecule has 108 valence electrons. The lowest BCUT2D eigenvalue weighted by Gasteiger charge is -2.34. The maximum absolute atomic E-state index is 12.7. The van der Waals surface area contributed by atoms with Crippen LogP contribution in [0.5, 0.6) is 0 Å². The minimum absolute atomic E-state index is 0.0439. The summed E-state index contributed by atoms with van der Waals surface area (Å²) in [6.45, 7) is 1.09. The summed E-state index contributed by atoms with van der Waals surface area (Å²) in [5.74, 6) is -1.08. The number of nitrogens with zero attached hydrogens (tertiary/aromatic N) is 1. The highest BCUT2D eigenvalue weighted by Crippen LogP contribution is 2.36. The van der Waals surface area contributed by atoms with Crippen molar-refractivity contribution >= 4 is 23.2 Å². The first-order valence-corrected chi connectivity index (χ1v) is 8.12. The monoisotopic (exact) mass is 293 g/mol. The number of piperidine rings is 1. The normalized spacial score (nSPS) is 26.1. The summed E-state index contributed by atoms with van der Waals surface area (Å²) >= 11 is 1.73. The number of carbonyl (C=O) groups excluding carboxylic acids is 1. The largest absolute Gasteiger partial charge is 0.481 e. The Labute approximate surface area is 122 Å². The number of carbonyl (C=O) groups is 2. The average molecular weight is 293 g/mol. The number of rotatable bonds is 2. The summed E-state index contributed by atoms with van der Waals surface area (Å²) in [6, 6.07) is 2.07. The Kier molecular flexibility index (Phi) is 3.78. The SMILES string of the molecule is O=C(O)[C@H]1CCCN(C(=O)[C@H]2CCCc3sccc32)C1.